The van der Waals surface area contributed by atoms with Crippen LogP contribution in [0.3, 0.4) is 0 Å². The molecule has 128 valence electrons. The number of nitrogens with zero attached hydrogens (tertiary/aromatic N) is 1. The van der Waals surface area contributed by atoms with Crippen molar-refractivity contribution in [2.75, 3.05) is 30.5 Å². The minimum Gasteiger partial charge on any atom is -0.495 e. The molecule has 1 aliphatic rings. The van der Waals surface area contributed by atoms with E-state index in [2.05, 4.69) is 5.32 Å². The van der Waals surface area contributed by atoms with Gasteiger partial charge < -0.3 is 14.8 Å². The maximum Gasteiger partial charge on any atom is 0.421 e. The van der Waals surface area contributed by atoms with Crippen molar-refractivity contribution in [3.8, 4) is 5.75 Å². The van der Waals surface area contributed by atoms with Gasteiger partial charge in [-0.3, -0.25) is 4.79 Å². The van der Waals surface area contributed by atoms with Gasteiger partial charge in [-0.2, -0.15) is 0 Å². The van der Waals surface area contributed by atoms with E-state index in [0.29, 0.717) is 23.7 Å². The Morgan fingerprint density at radius 1 is 1.22 bits per heavy atom. The zero-order valence-electron chi connectivity index (χ0n) is 14.3. The first-order chi connectivity index (χ1) is 11.0. The fourth-order valence-electron chi connectivity index (χ4n) is 1.77. The number of ether oxygens (including phenoxy) is 2. The summed E-state index contributed by atoms with van der Waals surface area (Å²) in [6.45, 7) is 5.85. The number of carbonyl (C=O) groups excluding carboxylic acids is 2. The molecule has 0 radical (unpaired) electrons. The molecule has 1 fully saturated rings. The first-order valence-corrected chi connectivity index (χ1v) is 7.94. The van der Waals surface area contributed by atoms with Gasteiger partial charge in [0.2, 0.25) is 5.91 Å². The van der Waals surface area contributed by atoms with Gasteiger partial charge in [0.25, 0.3) is 0 Å². The second-order valence-electron chi connectivity index (χ2n) is 5.03. The molecule has 0 spiro atoms. The summed E-state index contributed by atoms with van der Waals surface area (Å²) in [5.41, 5.74) is 1.15. The number of benzene rings is 1. The fourth-order valence-corrected chi connectivity index (χ4v) is 1.77. The van der Waals surface area contributed by atoms with E-state index in [1.54, 1.807) is 32.2 Å². The highest BCUT2D eigenvalue weighted by atomic mass is 16.6. The number of anilines is 2. The zero-order valence-corrected chi connectivity index (χ0v) is 14.3. The van der Waals surface area contributed by atoms with E-state index in [9.17, 15) is 9.59 Å². The van der Waals surface area contributed by atoms with Crippen LogP contribution in [0.2, 0.25) is 0 Å². The number of amides is 2. The van der Waals surface area contributed by atoms with Gasteiger partial charge in [0.15, 0.2) is 0 Å². The smallest absolute Gasteiger partial charge is 0.421 e. The van der Waals surface area contributed by atoms with Crippen molar-refractivity contribution in [2.24, 2.45) is 0 Å². The molecule has 1 N–H and O–H groups in total. The molecule has 6 nitrogen and oxygen atoms in total. The Balaban J connectivity index is 0.000000784. The summed E-state index contributed by atoms with van der Waals surface area (Å²) >= 11 is 0. The Kier molecular flexibility index (Phi) is 7.94. The highest BCUT2D eigenvalue weighted by Gasteiger charge is 2.22. The van der Waals surface area contributed by atoms with Crippen LogP contribution in [0.15, 0.2) is 18.2 Å². The van der Waals surface area contributed by atoms with E-state index < -0.39 is 12.0 Å². The molecule has 1 aromatic carbocycles. The third-order valence-electron chi connectivity index (χ3n) is 2.93. The monoisotopic (exact) mass is 322 g/mol. The number of methoxy groups -OCH3 is 1. The van der Waals surface area contributed by atoms with Crippen LogP contribution in [0.25, 0.3) is 0 Å². The molecule has 1 aliphatic carbocycles. The second kappa shape index (κ2) is 9.71. The molecule has 1 saturated carbocycles. The van der Waals surface area contributed by atoms with Gasteiger partial charge in [0.05, 0.1) is 25.1 Å². The van der Waals surface area contributed by atoms with Crippen molar-refractivity contribution in [1.82, 2.24) is 0 Å². The third kappa shape index (κ3) is 6.18. The summed E-state index contributed by atoms with van der Waals surface area (Å²) in [6.07, 6.45) is 3.81. The molecule has 0 heterocycles. The lowest BCUT2D eigenvalue weighted by Gasteiger charge is -2.20. The van der Waals surface area contributed by atoms with Crippen LogP contribution in [-0.4, -0.2) is 32.3 Å². The van der Waals surface area contributed by atoms with Crippen LogP contribution in [0, 0.1) is 0 Å². The average Bonchev–Trinajstić information content (AvgIpc) is 3.36. The molecule has 0 aromatic heterocycles. The quantitative estimate of drug-likeness (QED) is 0.893. The predicted molar refractivity (Wildman–Crippen MR) is 91.2 cm³/mol. The Morgan fingerprint density at radius 3 is 2.30 bits per heavy atom. The van der Waals surface area contributed by atoms with Crippen molar-refractivity contribution in [3.05, 3.63) is 18.2 Å². The average molecular weight is 322 g/mol. The molecule has 0 saturated heterocycles. The molecule has 2 amide bonds. The van der Waals surface area contributed by atoms with Crippen molar-refractivity contribution < 1.29 is 19.1 Å². The van der Waals surface area contributed by atoms with Gasteiger partial charge in [0.1, 0.15) is 5.75 Å². The van der Waals surface area contributed by atoms with Gasteiger partial charge in [-0.25, -0.2) is 9.69 Å². The highest BCUT2D eigenvalue weighted by Crippen LogP contribution is 2.30. The summed E-state index contributed by atoms with van der Waals surface area (Å²) in [4.78, 5) is 24.5. The van der Waals surface area contributed by atoms with Crippen LogP contribution in [0.1, 0.15) is 40.0 Å². The first-order valence-electron chi connectivity index (χ1n) is 7.94. The highest BCUT2D eigenvalue weighted by molar-refractivity contribution is 6.11. The Morgan fingerprint density at radius 2 is 1.87 bits per heavy atom. The van der Waals surface area contributed by atoms with Gasteiger partial charge >= 0.3 is 6.09 Å². The SMILES string of the molecule is C1CC1.CCNc1cc(N(C(C)=O)C(=O)OCC)ccc1OC. The van der Waals surface area contributed by atoms with E-state index in [4.69, 9.17) is 9.47 Å². The number of hydrogen-bond acceptors (Lipinski definition) is 5. The van der Waals surface area contributed by atoms with Crippen LogP contribution in [-0.2, 0) is 9.53 Å². The lowest BCUT2D eigenvalue weighted by molar-refractivity contribution is -0.116. The molecule has 1 aromatic rings. The van der Waals surface area contributed by atoms with Crippen LogP contribution in [0.4, 0.5) is 16.2 Å². The normalized spacial score (nSPS) is 11.7. The lowest BCUT2D eigenvalue weighted by atomic mass is 10.2. The minimum atomic E-state index is -0.687. The molecule has 0 bridgehead atoms. The van der Waals surface area contributed by atoms with Crippen molar-refractivity contribution in [2.45, 2.75) is 40.0 Å². The van der Waals surface area contributed by atoms with Crippen molar-refractivity contribution in [3.63, 3.8) is 0 Å². The second-order valence-corrected chi connectivity index (χ2v) is 5.03. The lowest BCUT2D eigenvalue weighted by Crippen LogP contribution is -2.35. The van der Waals surface area contributed by atoms with Crippen LogP contribution >= 0.6 is 0 Å². The van der Waals surface area contributed by atoms with Gasteiger partial charge in [-0.15, -0.1) is 0 Å². The van der Waals surface area contributed by atoms with Crippen LogP contribution < -0.4 is 15.0 Å². The van der Waals surface area contributed by atoms with Crippen molar-refractivity contribution in [1.29, 1.82) is 0 Å². The van der Waals surface area contributed by atoms with Gasteiger partial charge in [0, 0.05) is 13.5 Å². The number of carbonyl (C=O) groups is 2. The maximum atomic E-state index is 11.8. The maximum absolute atomic E-state index is 11.8. The number of imide groups is 1. The predicted octanol–water partition coefficient (Wildman–Crippen LogP) is 3.81. The Bertz CT molecular complexity index is 527. The number of rotatable bonds is 5. The third-order valence-corrected chi connectivity index (χ3v) is 2.93. The van der Waals surface area contributed by atoms with E-state index in [-0.39, 0.29) is 6.61 Å². The van der Waals surface area contributed by atoms with Crippen molar-refractivity contribution >= 4 is 23.4 Å². The standard InChI is InChI=1S/C14H20N2O4.C3H6/c1-5-15-12-9-11(7-8-13(12)19-4)16(10(3)17)14(18)20-6-2;1-2-3-1/h7-9,15H,5-6H2,1-4H3;1-3H2. The first kappa shape index (κ1) is 18.8. The summed E-state index contributed by atoms with van der Waals surface area (Å²) in [6, 6.07) is 5.02. The molecule has 0 aliphatic heterocycles. The molecule has 6 heteroatoms. The molecule has 2 rings (SSSR count). The molecule has 23 heavy (non-hydrogen) atoms. The Labute approximate surface area is 137 Å². The van der Waals surface area contributed by atoms with E-state index in [1.807, 2.05) is 6.92 Å². The van der Waals surface area contributed by atoms with Gasteiger partial charge in [-0.05, 0) is 32.0 Å². The summed E-state index contributed by atoms with van der Waals surface area (Å²) in [7, 11) is 1.56. The number of nitrogens with one attached hydrogen (secondary N) is 1. The fraction of sp³-hybridized carbons (Fsp3) is 0.529. The van der Waals surface area contributed by atoms with E-state index in [0.717, 1.165) is 4.90 Å². The molecular formula is C17H26N2O4. The molecular weight excluding hydrogens is 296 g/mol. The summed E-state index contributed by atoms with van der Waals surface area (Å²) in [5.74, 6) is 0.235. The largest absolute Gasteiger partial charge is 0.495 e. The minimum absolute atomic E-state index is 0.207. The van der Waals surface area contributed by atoms with Gasteiger partial charge in [-0.1, -0.05) is 19.3 Å². The molecule has 0 atom stereocenters. The topological polar surface area (TPSA) is 67.9 Å². The summed E-state index contributed by atoms with van der Waals surface area (Å²) < 4.78 is 10.1. The zero-order chi connectivity index (χ0) is 17.2. The number of hydrogen-bond donors (Lipinski definition) is 1. The Hall–Kier alpha value is -2.24. The summed E-state index contributed by atoms with van der Waals surface area (Å²) in [5, 5.41) is 3.12. The van der Waals surface area contributed by atoms with E-state index >= 15 is 0 Å². The molecule has 0 unspecified atom stereocenters. The van der Waals surface area contributed by atoms with E-state index in [1.165, 1.54) is 26.2 Å². The van der Waals surface area contributed by atoms with Crippen LogP contribution in [0.5, 0.6) is 5.75 Å².